The Bertz CT molecular complexity index is 790. The van der Waals surface area contributed by atoms with E-state index in [0.717, 1.165) is 6.42 Å². The number of hydrogen-bond acceptors (Lipinski definition) is 3. The molecule has 0 aromatic heterocycles. The molecule has 150 valence electrons. The van der Waals surface area contributed by atoms with Crippen LogP contribution in [0.15, 0.2) is 48.5 Å². The molecule has 0 fully saturated rings. The van der Waals surface area contributed by atoms with Crippen LogP contribution in [-0.2, 0) is 15.0 Å². The van der Waals surface area contributed by atoms with Gasteiger partial charge in [-0.3, -0.25) is 9.59 Å². The average Bonchev–Trinajstić information content (AvgIpc) is 2.63. The number of benzene rings is 2. The Labute approximate surface area is 167 Å². The maximum atomic E-state index is 12.4. The van der Waals surface area contributed by atoms with Gasteiger partial charge in [-0.1, -0.05) is 39.8 Å². The first-order valence-electron chi connectivity index (χ1n) is 9.67. The molecule has 2 rings (SSSR count). The molecule has 1 atom stereocenters. The van der Waals surface area contributed by atoms with Crippen LogP contribution in [-0.4, -0.2) is 17.9 Å². The molecule has 0 bridgehead atoms. The summed E-state index contributed by atoms with van der Waals surface area (Å²) < 4.78 is 5.75. The summed E-state index contributed by atoms with van der Waals surface area (Å²) in [5, 5.41) is 5.64. The molecular formula is C23H30N2O3. The van der Waals surface area contributed by atoms with Crippen LogP contribution in [0.25, 0.3) is 0 Å². The van der Waals surface area contributed by atoms with Crippen LogP contribution < -0.4 is 15.4 Å². The van der Waals surface area contributed by atoms with Crippen molar-refractivity contribution in [3.63, 3.8) is 0 Å². The fourth-order valence-corrected chi connectivity index (χ4v) is 2.62. The SMILES string of the molecule is CCCC(=O)Nc1ccc(NC(=O)C(C)Oc2ccc(C(C)(C)C)cc2)cc1. The summed E-state index contributed by atoms with van der Waals surface area (Å²) in [6.07, 6.45) is 0.658. The van der Waals surface area contributed by atoms with Gasteiger partial charge in [-0.15, -0.1) is 0 Å². The molecule has 0 saturated carbocycles. The molecule has 5 nitrogen and oxygen atoms in total. The smallest absolute Gasteiger partial charge is 0.265 e. The van der Waals surface area contributed by atoms with E-state index >= 15 is 0 Å². The Balaban J connectivity index is 1.90. The topological polar surface area (TPSA) is 67.4 Å². The number of rotatable bonds is 7. The third-order valence-electron chi connectivity index (χ3n) is 4.32. The van der Waals surface area contributed by atoms with Crippen molar-refractivity contribution in [2.45, 2.75) is 59.0 Å². The second-order valence-corrected chi connectivity index (χ2v) is 7.90. The van der Waals surface area contributed by atoms with Crippen molar-refractivity contribution >= 4 is 23.2 Å². The molecule has 0 saturated heterocycles. The van der Waals surface area contributed by atoms with Gasteiger partial charge < -0.3 is 15.4 Å². The maximum Gasteiger partial charge on any atom is 0.265 e. The zero-order valence-corrected chi connectivity index (χ0v) is 17.3. The summed E-state index contributed by atoms with van der Waals surface area (Å²) in [4.78, 5) is 24.0. The first kappa shape index (κ1) is 21.5. The van der Waals surface area contributed by atoms with Gasteiger partial charge in [0.1, 0.15) is 5.75 Å². The summed E-state index contributed by atoms with van der Waals surface area (Å²) in [5.41, 5.74) is 2.64. The first-order chi connectivity index (χ1) is 13.2. The number of anilines is 2. The van der Waals surface area contributed by atoms with Crippen LogP contribution in [0.4, 0.5) is 11.4 Å². The second-order valence-electron chi connectivity index (χ2n) is 7.90. The number of hydrogen-bond donors (Lipinski definition) is 2. The number of nitrogens with one attached hydrogen (secondary N) is 2. The van der Waals surface area contributed by atoms with E-state index in [0.29, 0.717) is 23.5 Å². The fourth-order valence-electron chi connectivity index (χ4n) is 2.62. The Morgan fingerprint density at radius 1 is 0.929 bits per heavy atom. The molecule has 0 aliphatic rings. The van der Waals surface area contributed by atoms with Crippen LogP contribution in [0, 0.1) is 0 Å². The van der Waals surface area contributed by atoms with E-state index in [1.54, 1.807) is 31.2 Å². The Morgan fingerprint density at radius 3 is 1.96 bits per heavy atom. The van der Waals surface area contributed by atoms with Gasteiger partial charge in [-0.25, -0.2) is 0 Å². The molecule has 0 heterocycles. The third kappa shape index (κ3) is 6.41. The van der Waals surface area contributed by atoms with E-state index in [-0.39, 0.29) is 17.2 Å². The lowest BCUT2D eigenvalue weighted by Crippen LogP contribution is -2.30. The van der Waals surface area contributed by atoms with Gasteiger partial charge >= 0.3 is 0 Å². The molecule has 2 N–H and O–H groups in total. The Morgan fingerprint density at radius 2 is 1.46 bits per heavy atom. The molecule has 2 aromatic carbocycles. The summed E-state index contributed by atoms with van der Waals surface area (Å²) in [6.45, 7) is 10.1. The monoisotopic (exact) mass is 382 g/mol. The van der Waals surface area contributed by atoms with Crippen LogP contribution >= 0.6 is 0 Å². The lowest BCUT2D eigenvalue weighted by Gasteiger charge is -2.20. The minimum Gasteiger partial charge on any atom is -0.481 e. The lowest BCUT2D eigenvalue weighted by molar-refractivity contribution is -0.122. The van der Waals surface area contributed by atoms with E-state index in [9.17, 15) is 9.59 Å². The average molecular weight is 383 g/mol. The van der Waals surface area contributed by atoms with Crippen molar-refractivity contribution in [2.75, 3.05) is 10.6 Å². The highest BCUT2D eigenvalue weighted by atomic mass is 16.5. The molecule has 0 spiro atoms. The molecular weight excluding hydrogens is 352 g/mol. The van der Waals surface area contributed by atoms with Crippen LogP contribution in [0.2, 0.25) is 0 Å². The van der Waals surface area contributed by atoms with Crippen molar-refractivity contribution in [1.29, 1.82) is 0 Å². The number of amides is 2. The predicted octanol–water partition coefficient (Wildman–Crippen LogP) is 5.13. The van der Waals surface area contributed by atoms with Gasteiger partial charge in [0, 0.05) is 17.8 Å². The van der Waals surface area contributed by atoms with Gasteiger partial charge in [0.05, 0.1) is 0 Å². The minimum absolute atomic E-state index is 0.0150. The predicted molar refractivity (Wildman–Crippen MR) is 114 cm³/mol. The van der Waals surface area contributed by atoms with Crippen molar-refractivity contribution in [2.24, 2.45) is 0 Å². The third-order valence-corrected chi connectivity index (χ3v) is 4.32. The van der Waals surface area contributed by atoms with Crippen LogP contribution in [0.3, 0.4) is 0 Å². The van der Waals surface area contributed by atoms with Gasteiger partial charge in [-0.05, 0) is 60.7 Å². The molecule has 0 aliphatic carbocycles. The van der Waals surface area contributed by atoms with E-state index < -0.39 is 6.10 Å². The highest BCUT2D eigenvalue weighted by molar-refractivity contribution is 5.95. The highest BCUT2D eigenvalue weighted by Crippen LogP contribution is 2.24. The fraction of sp³-hybridized carbons (Fsp3) is 0.391. The zero-order chi connectivity index (χ0) is 20.7. The highest BCUT2D eigenvalue weighted by Gasteiger charge is 2.17. The van der Waals surface area contributed by atoms with Gasteiger partial charge in [0.15, 0.2) is 6.10 Å². The van der Waals surface area contributed by atoms with Gasteiger partial charge in [-0.2, -0.15) is 0 Å². The van der Waals surface area contributed by atoms with Crippen molar-refractivity contribution in [3.8, 4) is 5.75 Å². The molecule has 2 amide bonds. The van der Waals surface area contributed by atoms with E-state index in [2.05, 4.69) is 31.4 Å². The lowest BCUT2D eigenvalue weighted by atomic mass is 9.87. The summed E-state index contributed by atoms with van der Waals surface area (Å²) in [7, 11) is 0. The Kier molecular flexibility index (Phi) is 7.21. The molecule has 5 heteroatoms. The van der Waals surface area contributed by atoms with E-state index in [1.807, 2.05) is 31.2 Å². The number of carbonyl (C=O) groups is 2. The largest absolute Gasteiger partial charge is 0.481 e. The number of ether oxygens (including phenoxy) is 1. The van der Waals surface area contributed by atoms with Crippen molar-refractivity contribution in [1.82, 2.24) is 0 Å². The summed E-state index contributed by atoms with van der Waals surface area (Å²) >= 11 is 0. The molecule has 0 radical (unpaired) electrons. The summed E-state index contributed by atoms with van der Waals surface area (Å²) in [6, 6.07) is 14.8. The first-order valence-corrected chi connectivity index (χ1v) is 9.67. The molecule has 28 heavy (non-hydrogen) atoms. The van der Waals surface area contributed by atoms with E-state index in [1.165, 1.54) is 5.56 Å². The number of carbonyl (C=O) groups excluding carboxylic acids is 2. The van der Waals surface area contributed by atoms with Gasteiger partial charge in [0.2, 0.25) is 5.91 Å². The van der Waals surface area contributed by atoms with Gasteiger partial charge in [0.25, 0.3) is 5.91 Å². The summed E-state index contributed by atoms with van der Waals surface area (Å²) in [5.74, 6) is 0.408. The normalized spacial score (nSPS) is 12.2. The molecule has 0 aliphatic heterocycles. The standard InChI is InChI=1S/C23H30N2O3/c1-6-7-21(26)24-18-10-12-19(13-11-18)25-22(27)16(2)28-20-14-8-17(9-15-20)23(3,4)5/h8-16H,6-7H2,1-5H3,(H,24,26)(H,25,27). The molecule has 2 aromatic rings. The Hall–Kier alpha value is -2.82. The minimum atomic E-state index is -0.635. The quantitative estimate of drug-likeness (QED) is 0.698. The zero-order valence-electron chi connectivity index (χ0n) is 17.3. The van der Waals surface area contributed by atoms with Crippen LogP contribution in [0.1, 0.15) is 53.0 Å². The van der Waals surface area contributed by atoms with Crippen LogP contribution in [0.5, 0.6) is 5.75 Å². The molecule has 1 unspecified atom stereocenters. The van der Waals surface area contributed by atoms with E-state index in [4.69, 9.17) is 4.74 Å². The maximum absolute atomic E-state index is 12.4. The second kappa shape index (κ2) is 9.40. The van der Waals surface area contributed by atoms with Crippen molar-refractivity contribution in [3.05, 3.63) is 54.1 Å². The van der Waals surface area contributed by atoms with Crippen molar-refractivity contribution < 1.29 is 14.3 Å².